The van der Waals surface area contributed by atoms with E-state index in [1.165, 1.54) is 31.4 Å². The van der Waals surface area contributed by atoms with Crippen LogP contribution in [0.2, 0.25) is 0 Å². The summed E-state index contributed by atoms with van der Waals surface area (Å²) in [6.07, 6.45) is -1.66. The number of amides is 1. The Bertz CT molecular complexity index is 1050. The predicted octanol–water partition coefficient (Wildman–Crippen LogP) is 3.91. The van der Waals surface area contributed by atoms with Gasteiger partial charge in [-0.05, 0) is 70.4 Å². The average molecular weight is 523 g/mol. The fourth-order valence-corrected chi connectivity index (χ4v) is 4.55. The Hall–Kier alpha value is -2.66. The number of aliphatic hydroxyl groups is 1. The molecule has 0 saturated carbocycles. The number of alkyl carbamates (subject to hydrolysis) is 1. The van der Waals surface area contributed by atoms with E-state index in [0.29, 0.717) is 12.2 Å². The van der Waals surface area contributed by atoms with Crippen molar-refractivity contribution in [2.45, 2.75) is 76.2 Å². The molecule has 10 heteroatoms. The van der Waals surface area contributed by atoms with E-state index in [4.69, 9.17) is 14.3 Å². The molecule has 1 unspecified atom stereocenters. The second kappa shape index (κ2) is 13.0. The molecule has 9 nitrogen and oxygen atoms in total. The molecule has 2 aromatic rings. The summed E-state index contributed by atoms with van der Waals surface area (Å²) in [6.45, 7) is 8.39. The highest BCUT2D eigenvalue weighted by molar-refractivity contribution is 7.89. The summed E-state index contributed by atoms with van der Waals surface area (Å²) in [7, 11) is -2.65. The number of nitrogens with zero attached hydrogens (tertiary/aromatic N) is 1. The summed E-state index contributed by atoms with van der Waals surface area (Å²) in [5, 5.41) is 13.9. The summed E-state index contributed by atoms with van der Waals surface area (Å²) in [6, 6.07) is 14.3. The van der Waals surface area contributed by atoms with Crippen molar-refractivity contribution in [3.05, 3.63) is 60.2 Å². The van der Waals surface area contributed by atoms with Crippen molar-refractivity contribution >= 4 is 16.1 Å². The van der Waals surface area contributed by atoms with E-state index < -0.39 is 46.5 Å². The van der Waals surface area contributed by atoms with Gasteiger partial charge in [0, 0.05) is 0 Å². The van der Waals surface area contributed by atoms with Gasteiger partial charge >= 0.3 is 6.09 Å². The number of benzene rings is 2. The van der Waals surface area contributed by atoms with Gasteiger partial charge in [0.15, 0.2) is 0 Å². The fourth-order valence-electron chi connectivity index (χ4n) is 3.23. The number of ether oxygens (including phenoxy) is 2. The minimum absolute atomic E-state index is 0.0153. The van der Waals surface area contributed by atoms with Crippen LogP contribution in [0.4, 0.5) is 4.79 Å². The molecule has 0 aromatic heterocycles. The van der Waals surface area contributed by atoms with Gasteiger partial charge in [-0.15, -0.1) is 0 Å². The normalized spacial score (nSPS) is 14.7. The lowest BCUT2D eigenvalue weighted by atomic mass is 10.0. The summed E-state index contributed by atoms with van der Waals surface area (Å²) in [5.41, 5.74) is 0.112. The second-order valence-corrected chi connectivity index (χ2v) is 11.3. The maximum atomic E-state index is 13.4. The number of aliphatic hydroxyl groups excluding tert-OH is 1. The number of hydrogen-bond donors (Lipinski definition) is 2. The lowest BCUT2D eigenvalue weighted by Gasteiger charge is -2.31. The molecule has 36 heavy (non-hydrogen) atoms. The standard InChI is InChI=1S/C26H38N2O7S/c1-7-19(2)35-28(36(31,32)22-15-13-21(33-6)14-16-22)18-24(29)23(17-20-11-9-8-10-12-20)27-25(30)34-26(3,4)5/h8-16,19,23-24,29H,7,17-18H2,1-6H3,(H,27,30)/t19?,23-,24+/m0/s1. The SMILES string of the molecule is CCC(C)ON(C[C@@H](O)[C@H](Cc1ccccc1)NC(=O)OC(C)(C)C)S(=O)(=O)c1ccc(OC)cc1. The third kappa shape index (κ3) is 9.09. The van der Waals surface area contributed by atoms with Crippen LogP contribution in [0.25, 0.3) is 0 Å². The van der Waals surface area contributed by atoms with Gasteiger partial charge in [-0.2, -0.15) is 0 Å². The molecule has 0 aliphatic carbocycles. The van der Waals surface area contributed by atoms with Crippen molar-refractivity contribution in [2.24, 2.45) is 0 Å². The van der Waals surface area contributed by atoms with Crippen molar-refractivity contribution in [3.63, 3.8) is 0 Å². The third-order valence-electron chi connectivity index (χ3n) is 5.30. The molecule has 1 amide bonds. The van der Waals surface area contributed by atoms with Gasteiger partial charge in [0.25, 0.3) is 10.0 Å². The Balaban J connectivity index is 2.33. The van der Waals surface area contributed by atoms with E-state index in [9.17, 15) is 18.3 Å². The molecule has 2 aromatic carbocycles. The molecule has 3 atom stereocenters. The van der Waals surface area contributed by atoms with Gasteiger partial charge < -0.3 is 19.9 Å². The highest BCUT2D eigenvalue weighted by Crippen LogP contribution is 2.22. The van der Waals surface area contributed by atoms with Crippen molar-refractivity contribution in [1.82, 2.24) is 9.79 Å². The molecule has 2 N–H and O–H groups in total. The van der Waals surface area contributed by atoms with Crippen LogP contribution in [-0.2, 0) is 26.0 Å². The van der Waals surface area contributed by atoms with Crippen LogP contribution >= 0.6 is 0 Å². The molecule has 0 fully saturated rings. The number of hydrogen-bond acceptors (Lipinski definition) is 7. The second-order valence-electron chi connectivity index (χ2n) is 9.50. The van der Waals surface area contributed by atoms with Crippen LogP contribution in [0.3, 0.4) is 0 Å². The van der Waals surface area contributed by atoms with Crippen molar-refractivity contribution in [3.8, 4) is 5.75 Å². The lowest BCUT2D eigenvalue weighted by Crippen LogP contribution is -2.51. The van der Waals surface area contributed by atoms with Gasteiger partial charge in [-0.3, -0.25) is 4.84 Å². The molecule has 200 valence electrons. The third-order valence-corrected chi connectivity index (χ3v) is 6.94. The van der Waals surface area contributed by atoms with E-state index in [1.807, 2.05) is 37.3 Å². The Morgan fingerprint density at radius 1 is 1.08 bits per heavy atom. The minimum Gasteiger partial charge on any atom is -0.497 e. The number of nitrogens with one attached hydrogen (secondary N) is 1. The van der Waals surface area contributed by atoms with Gasteiger partial charge in [0.05, 0.1) is 36.8 Å². The topological polar surface area (TPSA) is 114 Å². The average Bonchev–Trinajstić information content (AvgIpc) is 2.82. The Morgan fingerprint density at radius 3 is 2.22 bits per heavy atom. The zero-order chi connectivity index (χ0) is 26.9. The Kier molecular flexibility index (Phi) is 10.7. The molecule has 0 spiro atoms. The van der Waals surface area contributed by atoms with Gasteiger partial charge in [-0.1, -0.05) is 41.7 Å². The van der Waals surface area contributed by atoms with Crippen LogP contribution < -0.4 is 10.1 Å². The molecule has 0 saturated heterocycles. The molecule has 0 aliphatic rings. The molecular weight excluding hydrogens is 484 g/mol. The van der Waals surface area contributed by atoms with Crippen molar-refractivity contribution < 1.29 is 32.6 Å². The molecule has 0 bridgehead atoms. The van der Waals surface area contributed by atoms with Crippen LogP contribution in [0.15, 0.2) is 59.5 Å². The van der Waals surface area contributed by atoms with Crippen molar-refractivity contribution in [1.29, 1.82) is 0 Å². The number of rotatable bonds is 12. The van der Waals surface area contributed by atoms with E-state index in [-0.39, 0.29) is 11.3 Å². The van der Waals surface area contributed by atoms with E-state index in [1.54, 1.807) is 27.7 Å². The zero-order valence-electron chi connectivity index (χ0n) is 21.8. The maximum Gasteiger partial charge on any atom is 0.407 e. The maximum absolute atomic E-state index is 13.4. The van der Waals surface area contributed by atoms with Crippen LogP contribution in [0.5, 0.6) is 5.75 Å². The highest BCUT2D eigenvalue weighted by Gasteiger charge is 2.33. The molecule has 0 aliphatic heterocycles. The van der Waals surface area contributed by atoms with Gasteiger partial charge in [0.1, 0.15) is 11.4 Å². The smallest absolute Gasteiger partial charge is 0.407 e. The van der Waals surface area contributed by atoms with E-state index >= 15 is 0 Å². The van der Waals surface area contributed by atoms with Gasteiger partial charge in [0.2, 0.25) is 0 Å². The van der Waals surface area contributed by atoms with Gasteiger partial charge in [-0.25, -0.2) is 13.2 Å². The first-order valence-corrected chi connectivity index (χ1v) is 13.3. The first-order valence-electron chi connectivity index (χ1n) is 11.9. The summed E-state index contributed by atoms with van der Waals surface area (Å²) in [4.78, 5) is 18.3. The minimum atomic E-state index is -4.14. The number of carbonyl (C=O) groups excluding carboxylic acids is 1. The number of methoxy groups -OCH3 is 1. The zero-order valence-corrected chi connectivity index (χ0v) is 22.6. The Morgan fingerprint density at radius 2 is 1.69 bits per heavy atom. The molecular formula is C26H38N2O7S. The van der Waals surface area contributed by atoms with Crippen molar-refractivity contribution in [2.75, 3.05) is 13.7 Å². The fraction of sp³-hybridized carbons (Fsp3) is 0.500. The number of carbonyl (C=O) groups is 1. The first-order chi connectivity index (χ1) is 16.9. The predicted molar refractivity (Wildman–Crippen MR) is 137 cm³/mol. The summed E-state index contributed by atoms with van der Waals surface area (Å²) >= 11 is 0. The summed E-state index contributed by atoms with van der Waals surface area (Å²) in [5.74, 6) is 0.507. The first kappa shape index (κ1) is 29.6. The molecule has 0 heterocycles. The number of hydroxylamine groups is 1. The highest BCUT2D eigenvalue weighted by atomic mass is 32.2. The molecule has 0 radical (unpaired) electrons. The van der Waals surface area contributed by atoms with Crippen LogP contribution in [0.1, 0.15) is 46.6 Å². The van der Waals surface area contributed by atoms with E-state index in [2.05, 4.69) is 5.32 Å². The largest absolute Gasteiger partial charge is 0.497 e. The quantitative estimate of drug-likeness (QED) is 0.406. The van der Waals surface area contributed by atoms with Crippen LogP contribution in [0, 0.1) is 0 Å². The summed E-state index contributed by atoms with van der Waals surface area (Å²) < 4.78 is 38.2. The van der Waals surface area contributed by atoms with E-state index in [0.717, 1.165) is 10.0 Å². The monoisotopic (exact) mass is 522 g/mol. The van der Waals surface area contributed by atoms with Crippen LogP contribution in [-0.4, -0.2) is 61.6 Å². The Labute approximate surface area is 214 Å². The molecule has 2 rings (SSSR count). The lowest BCUT2D eigenvalue weighted by molar-refractivity contribution is -0.142. The number of sulfonamides is 1.